The second-order valence-electron chi connectivity index (χ2n) is 3.08. The van der Waals surface area contributed by atoms with Crippen LogP contribution in [-0.2, 0) is 4.57 Å². The lowest BCUT2D eigenvalue weighted by atomic mass is 10.2. The standard InChI is InChI=1S/C7H11O2P/c8-10(9)5-4-6-2-1-3-7(6)10/h1-5H2,(H,8,9). The fourth-order valence-corrected chi connectivity index (χ4v) is 3.97. The first-order chi connectivity index (χ1) is 4.70. The zero-order chi connectivity index (χ0) is 7.19. The van der Waals surface area contributed by atoms with Crippen molar-refractivity contribution in [2.24, 2.45) is 0 Å². The summed E-state index contributed by atoms with van der Waals surface area (Å²) in [6, 6.07) is 0. The van der Waals surface area contributed by atoms with E-state index in [-0.39, 0.29) is 0 Å². The highest BCUT2D eigenvalue weighted by atomic mass is 31.2. The van der Waals surface area contributed by atoms with Crippen LogP contribution >= 0.6 is 7.37 Å². The van der Waals surface area contributed by atoms with Crippen LogP contribution in [0.15, 0.2) is 10.9 Å². The van der Waals surface area contributed by atoms with Gasteiger partial charge in [0.25, 0.3) is 0 Å². The molecule has 0 aromatic carbocycles. The van der Waals surface area contributed by atoms with E-state index < -0.39 is 7.37 Å². The van der Waals surface area contributed by atoms with Gasteiger partial charge in [0.15, 0.2) is 0 Å². The first-order valence-electron chi connectivity index (χ1n) is 3.73. The van der Waals surface area contributed by atoms with Crippen LogP contribution in [-0.4, -0.2) is 11.1 Å². The van der Waals surface area contributed by atoms with Gasteiger partial charge in [-0.05, 0) is 25.7 Å². The Morgan fingerprint density at radius 1 is 1.30 bits per heavy atom. The average molecular weight is 158 g/mol. The Labute approximate surface area is 60.4 Å². The molecule has 0 bridgehead atoms. The molecular weight excluding hydrogens is 147 g/mol. The van der Waals surface area contributed by atoms with Crippen molar-refractivity contribution in [3.63, 3.8) is 0 Å². The topological polar surface area (TPSA) is 37.3 Å². The summed E-state index contributed by atoms with van der Waals surface area (Å²) in [7, 11) is -2.77. The van der Waals surface area contributed by atoms with E-state index in [2.05, 4.69) is 0 Å². The summed E-state index contributed by atoms with van der Waals surface area (Å²) in [5.41, 5.74) is 1.30. The first-order valence-corrected chi connectivity index (χ1v) is 5.58. The van der Waals surface area contributed by atoms with E-state index in [0.29, 0.717) is 6.16 Å². The molecule has 0 saturated carbocycles. The van der Waals surface area contributed by atoms with Crippen LogP contribution in [0.25, 0.3) is 0 Å². The molecule has 56 valence electrons. The van der Waals surface area contributed by atoms with Gasteiger partial charge >= 0.3 is 0 Å². The molecule has 0 spiro atoms. The SMILES string of the molecule is O=P1(O)CCC2=C1CCC2. The third kappa shape index (κ3) is 0.792. The van der Waals surface area contributed by atoms with Crippen LogP contribution in [0.1, 0.15) is 25.7 Å². The summed E-state index contributed by atoms with van der Waals surface area (Å²) in [6.45, 7) is 0. The van der Waals surface area contributed by atoms with Gasteiger partial charge in [-0.3, -0.25) is 4.57 Å². The fourth-order valence-electron chi connectivity index (χ4n) is 1.90. The Morgan fingerprint density at radius 3 is 2.80 bits per heavy atom. The molecule has 0 radical (unpaired) electrons. The third-order valence-corrected chi connectivity index (χ3v) is 4.65. The van der Waals surface area contributed by atoms with Crippen LogP contribution in [0.3, 0.4) is 0 Å². The molecule has 0 amide bonds. The largest absolute Gasteiger partial charge is 0.341 e. The molecule has 2 rings (SSSR count). The molecule has 0 aromatic rings. The Morgan fingerprint density at radius 2 is 2.10 bits per heavy atom. The minimum Gasteiger partial charge on any atom is -0.341 e. The van der Waals surface area contributed by atoms with E-state index >= 15 is 0 Å². The van der Waals surface area contributed by atoms with Crippen LogP contribution < -0.4 is 0 Å². The van der Waals surface area contributed by atoms with E-state index in [1.54, 1.807) is 0 Å². The molecule has 1 atom stereocenters. The summed E-state index contributed by atoms with van der Waals surface area (Å²) >= 11 is 0. The van der Waals surface area contributed by atoms with Crippen molar-refractivity contribution in [3.8, 4) is 0 Å². The maximum Gasteiger partial charge on any atom is 0.225 e. The number of allylic oxidation sites excluding steroid dienone is 2. The zero-order valence-corrected chi connectivity index (χ0v) is 6.73. The minimum atomic E-state index is -2.77. The maximum absolute atomic E-state index is 11.3. The first kappa shape index (κ1) is 6.63. The van der Waals surface area contributed by atoms with Crippen LogP contribution in [0, 0.1) is 0 Å². The van der Waals surface area contributed by atoms with Crippen molar-refractivity contribution in [1.82, 2.24) is 0 Å². The van der Waals surface area contributed by atoms with Gasteiger partial charge in [0.1, 0.15) is 0 Å². The molecule has 1 unspecified atom stereocenters. The summed E-state index contributed by atoms with van der Waals surface area (Å²) in [4.78, 5) is 9.36. The molecule has 0 fully saturated rings. The quantitative estimate of drug-likeness (QED) is 0.548. The Balaban J connectivity index is 2.41. The smallest absolute Gasteiger partial charge is 0.225 e. The monoisotopic (exact) mass is 158 g/mol. The number of rotatable bonds is 0. The third-order valence-electron chi connectivity index (χ3n) is 2.44. The Kier molecular flexibility index (Phi) is 1.30. The van der Waals surface area contributed by atoms with Gasteiger partial charge in [0.05, 0.1) is 0 Å². The second kappa shape index (κ2) is 1.96. The van der Waals surface area contributed by atoms with Crippen molar-refractivity contribution < 1.29 is 9.46 Å². The lowest BCUT2D eigenvalue weighted by Crippen LogP contribution is -1.83. The molecule has 1 aliphatic heterocycles. The Hall–Kier alpha value is -0.0700. The van der Waals surface area contributed by atoms with Gasteiger partial charge < -0.3 is 4.89 Å². The molecule has 1 N–H and O–H groups in total. The van der Waals surface area contributed by atoms with Gasteiger partial charge in [0.2, 0.25) is 7.37 Å². The lowest BCUT2D eigenvalue weighted by molar-refractivity contribution is 0.486. The highest BCUT2D eigenvalue weighted by molar-refractivity contribution is 7.62. The fraction of sp³-hybridized carbons (Fsp3) is 0.714. The van der Waals surface area contributed by atoms with Crippen molar-refractivity contribution in [2.75, 3.05) is 6.16 Å². The second-order valence-corrected chi connectivity index (χ2v) is 5.47. The van der Waals surface area contributed by atoms with Gasteiger partial charge in [0, 0.05) is 11.5 Å². The van der Waals surface area contributed by atoms with Crippen LogP contribution in [0.4, 0.5) is 0 Å². The van der Waals surface area contributed by atoms with Crippen molar-refractivity contribution in [3.05, 3.63) is 10.9 Å². The average Bonchev–Trinajstić information content (AvgIpc) is 2.36. The van der Waals surface area contributed by atoms with Crippen LogP contribution in [0.2, 0.25) is 0 Å². The van der Waals surface area contributed by atoms with Crippen molar-refractivity contribution in [1.29, 1.82) is 0 Å². The van der Waals surface area contributed by atoms with Crippen LogP contribution in [0.5, 0.6) is 0 Å². The Bertz CT molecular complexity index is 242. The predicted octanol–water partition coefficient (Wildman–Crippen LogP) is 2.10. The van der Waals surface area contributed by atoms with Crippen molar-refractivity contribution >= 4 is 7.37 Å². The molecule has 1 aliphatic carbocycles. The normalized spacial score (nSPS) is 38.9. The highest BCUT2D eigenvalue weighted by Gasteiger charge is 2.35. The van der Waals surface area contributed by atoms with E-state index in [1.807, 2.05) is 0 Å². The van der Waals surface area contributed by atoms with Gasteiger partial charge in [-0.2, -0.15) is 0 Å². The minimum absolute atomic E-state index is 0.525. The predicted molar refractivity (Wildman–Crippen MR) is 40.2 cm³/mol. The summed E-state index contributed by atoms with van der Waals surface area (Å²) in [5.74, 6) is 0. The van der Waals surface area contributed by atoms with E-state index in [4.69, 9.17) is 0 Å². The molecule has 0 saturated heterocycles. The highest BCUT2D eigenvalue weighted by Crippen LogP contribution is 2.62. The zero-order valence-electron chi connectivity index (χ0n) is 5.84. The van der Waals surface area contributed by atoms with Gasteiger partial charge in [-0.15, -0.1) is 0 Å². The van der Waals surface area contributed by atoms with E-state index in [0.717, 1.165) is 31.0 Å². The van der Waals surface area contributed by atoms with Gasteiger partial charge in [-0.25, -0.2) is 0 Å². The number of hydrogen-bond acceptors (Lipinski definition) is 1. The molecule has 2 aliphatic rings. The molecule has 2 nitrogen and oxygen atoms in total. The molecule has 0 aromatic heterocycles. The molecule has 1 heterocycles. The molecule has 10 heavy (non-hydrogen) atoms. The summed E-state index contributed by atoms with van der Waals surface area (Å²) in [5, 5.41) is 0.924. The molecular formula is C7H11O2P. The van der Waals surface area contributed by atoms with E-state index in [9.17, 15) is 9.46 Å². The number of hydrogen-bond donors (Lipinski definition) is 1. The summed E-state index contributed by atoms with van der Waals surface area (Å²) < 4.78 is 11.3. The van der Waals surface area contributed by atoms with E-state index in [1.165, 1.54) is 5.57 Å². The molecule has 3 heteroatoms. The van der Waals surface area contributed by atoms with Crippen molar-refractivity contribution in [2.45, 2.75) is 25.7 Å². The lowest BCUT2D eigenvalue weighted by Gasteiger charge is -2.04. The van der Waals surface area contributed by atoms with Gasteiger partial charge in [-0.1, -0.05) is 5.57 Å². The summed E-state index contributed by atoms with van der Waals surface area (Å²) in [6.07, 6.45) is 4.50. The maximum atomic E-state index is 11.3.